The zero-order valence-corrected chi connectivity index (χ0v) is 15.6. The van der Waals surface area contributed by atoms with Crippen LogP contribution >= 0.6 is 0 Å². The number of fused-ring (bicyclic) bond motifs is 1. The Morgan fingerprint density at radius 2 is 1.85 bits per heavy atom. The van der Waals surface area contributed by atoms with Crippen molar-refractivity contribution in [1.29, 1.82) is 0 Å². The topological polar surface area (TPSA) is 28.5 Å². The monoisotopic (exact) mass is 357 g/mol. The van der Waals surface area contributed by atoms with Crippen molar-refractivity contribution in [3.63, 3.8) is 0 Å². The fraction of sp³-hybridized carbons (Fsp3) is 0.571. The Labute approximate surface area is 154 Å². The minimum Gasteiger partial charge on any atom is -0.346 e. The van der Waals surface area contributed by atoms with Crippen LogP contribution in [0.4, 0.5) is 4.39 Å². The van der Waals surface area contributed by atoms with Crippen molar-refractivity contribution in [2.45, 2.75) is 38.6 Å². The molecule has 0 bridgehead atoms. The van der Waals surface area contributed by atoms with Crippen molar-refractivity contribution in [3.05, 3.63) is 35.8 Å². The Morgan fingerprint density at radius 3 is 2.58 bits per heavy atom. The van der Waals surface area contributed by atoms with Gasteiger partial charge < -0.3 is 14.4 Å². The predicted molar refractivity (Wildman–Crippen MR) is 102 cm³/mol. The number of piperazine rings is 1. The number of rotatable bonds is 3. The summed E-state index contributed by atoms with van der Waals surface area (Å²) in [5.41, 5.74) is 1.63. The molecule has 4 nitrogen and oxygen atoms in total. The summed E-state index contributed by atoms with van der Waals surface area (Å²) in [5.74, 6) is 0.424. The summed E-state index contributed by atoms with van der Waals surface area (Å²) in [6.07, 6.45) is 8.41. The summed E-state index contributed by atoms with van der Waals surface area (Å²) >= 11 is 0. The molecular formula is C21H28FN3O. The predicted octanol–water partition coefficient (Wildman–Crippen LogP) is 3.75. The van der Waals surface area contributed by atoms with Gasteiger partial charge in [-0.15, -0.1) is 0 Å². The molecule has 5 heteroatoms. The zero-order valence-electron chi connectivity index (χ0n) is 15.6. The molecule has 1 aromatic heterocycles. The molecule has 2 aliphatic rings. The van der Waals surface area contributed by atoms with Gasteiger partial charge in [0.1, 0.15) is 5.82 Å². The van der Waals surface area contributed by atoms with Crippen molar-refractivity contribution in [2.24, 2.45) is 5.92 Å². The van der Waals surface area contributed by atoms with Gasteiger partial charge in [0.25, 0.3) is 5.91 Å². The van der Waals surface area contributed by atoms with E-state index in [4.69, 9.17) is 0 Å². The van der Waals surface area contributed by atoms with Gasteiger partial charge in [-0.25, -0.2) is 4.39 Å². The van der Waals surface area contributed by atoms with E-state index in [1.807, 2.05) is 17.2 Å². The van der Waals surface area contributed by atoms with Crippen LogP contribution in [-0.2, 0) is 6.54 Å². The van der Waals surface area contributed by atoms with Gasteiger partial charge in [-0.05, 0) is 44.0 Å². The number of hydrogen-bond acceptors (Lipinski definition) is 2. The molecule has 0 atom stereocenters. The number of benzene rings is 1. The largest absolute Gasteiger partial charge is 0.346 e. The Morgan fingerprint density at radius 1 is 1.12 bits per heavy atom. The number of carbonyl (C=O) groups is 1. The first-order valence-corrected chi connectivity index (χ1v) is 9.88. The molecule has 0 unspecified atom stereocenters. The molecule has 1 amide bonds. The zero-order chi connectivity index (χ0) is 18.1. The van der Waals surface area contributed by atoms with Gasteiger partial charge in [-0.3, -0.25) is 4.79 Å². The molecule has 1 aliphatic carbocycles. The van der Waals surface area contributed by atoms with E-state index in [0.29, 0.717) is 11.5 Å². The van der Waals surface area contributed by atoms with Gasteiger partial charge in [-0.2, -0.15) is 0 Å². The number of amides is 1. The van der Waals surface area contributed by atoms with Crippen molar-refractivity contribution in [1.82, 2.24) is 14.4 Å². The summed E-state index contributed by atoms with van der Waals surface area (Å²) in [7, 11) is 2.08. The average Bonchev–Trinajstić information content (AvgIpc) is 3.00. The fourth-order valence-electron chi connectivity index (χ4n) is 4.42. The number of aromatic nitrogens is 1. The first kappa shape index (κ1) is 17.5. The van der Waals surface area contributed by atoms with Gasteiger partial charge in [0, 0.05) is 49.8 Å². The molecule has 1 saturated carbocycles. The second kappa shape index (κ2) is 7.39. The molecule has 1 saturated heterocycles. The minimum atomic E-state index is -0.277. The lowest BCUT2D eigenvalue weighted by molar-refractivity contribution is 0.0666. The van der Waals surface area contributed by atoms with E-state index < -0.39 is 0 Å². The van der Waals surface area contributed by atoms with E-state index in [1.54, 1.807) is 0 Å². The Kier molecular flexibility index (Phi) is 4.98. The fourth-order valence-corrected chi connectivity index (χ4v) is 4.42. The van der Waals surface area contributed by atoms with Crippen molar-refractivity contribution < 1.29 is 9.18 Å². The van der Waals surface area contributed by atoms with Gasteiger partial charge in [-0.1, -0.05) is 19.3 Å². The van der Waals surface area contributed by atoms with Crippen LogP contribution in [0.5, 0.6) is 0 Å². The summed E-state index contributed by atoms with van der Waals surface area (Å²) in [6, 6.07) is 4.86. The quantitative estimate of drug-likeness (QED) is 0.837. The molecule has 0 N–H and O–H groups in total. The minimum absolute atomic E-state index is 0.0381. The van der Waals surface area contributed by atoms with Crippen LogP contribution in [0.15, 0.2) is 24.4 Å². The summed E-state index contributed by atoms with van der Waals surface area (Å²) in [6.45, 7) is 4.18. The van der Waals surface area contributed by atoms with Crippen molar-refractivity contribution in [2.75, 3.05) is 33.2 Å². The average molecular weight is 357 g/mol. The van der Waals surface area contributed by atoms with Crippen LogP contribution in [0.1, 0.15) is 42.5 Å². The molecule has 2 aromatic rings. The van der Waals surface area contributed by atoms with Crippen LogP contribution < -0.4 is 0 Å². The third kappa shape index (κ3) is 3.50. The number of halogens is 1. The first-order chi connectivity index (χ1) is 12.6. The second-order valence-corrected chi connectivity index (χ2v) is 7.96. The number of hydrogen-bond donors (Lipinski definition) is 0. The van der Waals surface area contributed by atoms with E-state index in [1.165, 1.54) is 44.2 Å². The van der Waals surface area contributed by atoms with Crippen molar-refractivity contribution in [3.8, 4) is 0 Å². The van der Waals surface area contributed by atoms with E-state index >= 15 is 0 Å². The van der Waals surface area contributed by atoms with Crippen LogP contribution in [0.3, 0.4) is 0 Å². The molecule has 0 spiro atoms. The summed E-state index contributed by atoms with van der Waals surface area (Å²) < 4.78 is 16.1. The molecule has 2 heterocycles. The highest BCUT2D eigenvalue weighted by Crippen LogP contribution is 2.29. The number of carbonyl (C=O) groups excluding carboxylic acids is 1. The lowest BCUT2D eigenvalue weighted by atomic mass is 9.89. The third-order valence-electron chi connectivity index (χ3n) is 6.04. The lowest BCUT2D eigenvalue weighted by Gasteiger charge is -2.32. The standard InChI is InChI=1S/C21H28FN3O/c1-23-9-11-24(12-10-23)21(26)19-15-25(14-16-5-3-2-4-6-16)20-8-7-17(22)13-18(19)20/h7-8,13,15-16H,2-6,9-12,14H2,1H3. The van der Waals surface area contributed by atoms with E-state index in [0.717, 1.165) is 43.6 Å². The Balaban J connectivity index is 1.65. The first-order valence-electron chi connectivity index (χ1n) is 9.88. The Hall–Kier alpha value is -1.88. The normalized spacial score (nSPS) is 20.0. The molecule has 1 aromatic carbocycles. The maximum absolute atomic E-state index is 13.9. The molecular weight excluding hydrogens is 329 g/mol. The molecule has 1 aliphatic heterocycles. The van der Waals surface area contributed by atoms with E-state index in [-0.39, 0.29) is 11.7 Å². The van der Waals surface area contributed by atoms with Crippen molar-refractivity contribution >= 4 is 16.8 Å². The summed E-state index contributed by atoms with van der Waals surface area (Å²) in [5, 5.41) is 0.754. The highest BCUT2D eigenvalue weighted by atomic mass is 19.1. The van der Waals surface area contributed by atoms with E-state index in [9.17, 15) is 9.18 Å². The SMILES string of the molecule is CN1CCN(C(=O)c2cn(CC3CCCCC3)c3ccc(F)cc23)CC1. The maximum Gasteiger partial charge on any atom is 0.256 e. The van der Waals surface area contributed by atoms with E-state index in [2.05, 4.69) is 16.5 Å². The molecule has 140 valence electrons. The highest BCUT2D eigenvalue weighted by Gasteiger charge is 2.25. The smallest absolute Gasteiger partial charge is 0.256 e. The second-order valence-electron chi connectivity index (χ2n) is 7.96. The van der Waals surface area contributed by atoms with Gasteiger partial charge >= 0.3 is 0 Å². The summed E-state index contributed by atoms with van der Waals surface area (Å²) in [4.78, 5) is 17.2. The van der Waals surface area contributed by atoms with Crippen LogP contribution in [0.25, 0.3) is 10.9 Å². The maximum atomic E-state index is 13.9. The third-order valence-corrected chi connectivity index (χ3v) is 6.04. The molecule has 4 rings (SSSR count). The molecule has 2 fully saturated rings. The van der Waals surface area contributed by atoms with Gasteiger partial charge in [0.05, 0.1) is 5.56 Å². The van der Waals surface area contributed by atoms with Gasteiger partial charge in [0.2, 0.25) is 0 Å². The van der Waals surface area contributed by atoms with Gasteiger partial charge in [0.15, 0.2) is 0 Å². The molecule has 0 radical (unpaired) electrons. The van der Waals surface area contributed by atoms with Crippen LogP contribution in [-0.4, -0.2) is 53.5 Å². The van der Waals surface area contributed by atoms with Crippen LogP contribution in [0.2, 0.25) is 0 Å². The number of nitrogens with zero attached hydrogens (tertiary/aromatic N) is 3. The van der Waals surface area contributed by atoms with Crippen LogP contribution in [0, 0.1) is 11.7 Å². The lowest BCUT2D eigenvalue weighted by Crippen LogP contribution is -2.47. The highest BCUT2D eigenvalue weighted by molar-refractivity contribution is 6.07. The molecule has 26 heavy (non-hydrogen) atoms. The Bertz CT molecular complexity index is 786. The number of likely N-dealkylation sites (N-methyl/N-ethyl adjacent to an activating group) is 1.